The number of hydrogen-bond donors (Lipinski definition) is 7. The minimum absolute atomic E-state index is 0.0629. The van der Waals surface area contributed by atoms with E-state index in [0.29, 0.717) is 25.7 Å². The fourth-order valence-corrected chi connectivity index (χ4v) is 10.5. The second-order valence-electron chi connectivity index (χ2n) is 15.8. The van der Waals surface area contributed by atoms with Crippen LogP contribution in [-0.2, 0) is 14.2 Å². The van der Waals surface area contributed by atoms with Crippen LogP contribution in [0.1, 0.15) is 86.0 Å². The van der Waals surface area contributed by atoms with Crippen molar-refractivity contribution >= 4 is 0 Å². The molecule has 44 heavy (non-hydrogen) atoms. The maximum absolute atomic E-state index is 12.6. The third-order valence-electron chi connectivity index (χ3n) is 13.3. The molecule has 3 saturated carbocycles. The van der Waals surface area contributed by atoms with Gasteiger partial charge in [0.2, 0.25) is 0 Å². The number of rotatable bonds is 9. The number of methoxy groups -OCH3 is 1. The summed E-state index contributed by atoms with van der Waals surface area (Å²) in [5.41, 5.74) is -2.32. The molecule has 15 unspecified atom stereocenters. The van der Waals surface area contributed by atoms with E-state index in [1.807, 2.05) is 19.9 Å². The van der Waals surface area contributed by atoms with Gasteiger partial charge in [-0.05, 0) is 85.0 Å². The summed E-state index contributed by atoms with van der Waals surface area (Å²) in [6.07, 6.45) is 0.944. The van der Waals surface area contributed by atoms with Crippen molar-refractivity contribution in [2.24, 2.45) is 40.4 Å². The number of aliphatic hydroxyl groups is 7. The molecule has 1 heterocycles. The fraction of sp³-hybridized carbons (Fsp3) is 0.941. The first-order valence-electron chi connectivity index (χ1n) is 16.9. The van der Waals surface area contributed by atoms with Gasteiger partial charge in [0.25, 0.3) is 0 Å². The number of hydrogen-bond acceptors (Lipinski definition) is 10. The molecule has 1 aliphatic heterocycles. The summed E-state index contributed by atoms with van der Waals surface area (Å²) in [6, 6.07) is 0. The van der Waals surface area contributed by atoms with E-state index in [2.05, 4.69) is 20.8 Å². The zero-order valence-electron chi connectivity index (χ0n) is 27.4. The summed E-state index contributed by atoms with van der Waals surface area (Å²) in [5, 5.41) is 77.1. The standard InChI is InChI=1S/C34H58O10/c1-18(2)33(40,17-35)12-7-19(3)21-14-23(36)29-32(21,5)11-9-26-31(4)10-8-20(13-22(31)24(37)15-34(26,29)41)44-30-28(42-6)27(39)25(38)16-43-30/h13,18-21,23-30,35-41H,7-12,14-17H2,1-6H3. The van der Waals surface area contributed by atoms with Crippen molar-refractivity contribution in [3.05, 3.63) is 11.6 Å². The van der Waals surface area contributed by atoms with Gasteiger partial charge in [-0.3, -0.25) is 0 Å². The Kier molecular flexibility index (Phi) is 9.78. The van der Waals surface area contributed by atoms with Crippen molar-refractivity contribution in [2.75, 3.05) is 20.3 Å². The summed E-state index contributed by atoms with van der Waals surface area (Å²) in [5.74, 6) is -0.261. The summed E-state index contributed by atoms with van der Waals surface area (Å²) in [6.45, 7) is 10.00. The largest absolute Gasteiger partial charge is 0.393 e. The highest BCUT2D eigenvalue weighted by Gasteiger charge is 2.70. The van der Waals surface area contributed by atoms with Crippen molar-refractivity contribution in [1.82, 2.24) is 0 Å². The Bertz CT molecular complexity index is 1050. The van der Waals surface area contributed by atoms with E-state index in [4.69, 9.17) is 14.2 Å². The van der Waals surface area contributed by atoms with E-state index in [-0.39, 0.29) is 60.7 Å². The summed E-state index contributed by atoms with van der Waals surface area (Å²) in [4.78, 5) is 0. The average Bonchev–Trinajstić information content (AvgIpc) is 3.25. The lowest BCUT2D eigenvalue weighted by Crippen LogP contribution is -2.66. The topological polar surface area (TPSA) is 169 Å². The Morgan fingerprint density at radius 2 is 1.77 bits per heavy atom. The van der Waals surface area contributed by atoms with E-state index in [1.165, 1.54) is 7.11 Å². The molecule has 0 amide bonds. The van der Waals surface area contributed by atoms with Crippen LogP contribution < -0.4 is 0 Å². The summed E-state index contributed by atoms with van der Waals surface area (Å²) >= 11 is 0. The lowest BCUT2D eigenvalue weighted by atomic mass is 9.43. The van der Waals surface area contributed by atoms with Crippen molar-refractivity contribution in [3.63, 3.8) is 0 Å². The van der Waals surface area contributed by atoms with Gasteiger partial charge in [0.05, 0.1) is 42.7 Å². The summed E-state index contributed by atoms with van der Waals surface area (Å²) in [7, 11) is 1.44. The van der Waals surface area contributed by atoms with Gasteiger partial charge in [-0.2, -0.15) is 0 Å². The maximum Gasteiger partial charge on any atom is 0.187 e. The van der Waals surface area contributed by atoms with Crippen LogP contribution in [0.3, 0.4) is 0 Å². The van der Waals surface area contributed by atoms with Crippen molar-refractivity contribution < 1.29 is 50.0 Å². The van der Waals surface area contributed by atoms with Crippen LogP contribution >= 0.6 is 0 Å². The quantitative estimate of drug-likeness (QED) is 0.188. The van der Waals surface area contributed by atoms with Gasteiger partial charge in [-0.15, -0.1) is 0 Å². The smallest absolute Gasteiger partial charge is 0.187 e. The normalized spacial score (nSPS) is 49.5. The van der Waals surface area contributed by atoms with Crippen LogP contribution in [0, 0.1) is 40.4 Å². The number of ether oxygens (including phenoxy) is 3. The van der Waals surface area contributed by atoms with Gasteiger partial charge in [0.1, 0.15) is 18.3 Å². The second-order valence-corrected chi connectivity index (χ2v) is 15.8. The fourth-order valence-electron chi connectivity index (χ4n) is 10.5. The molecule has 4 fully saturated rings. The number of fused-ring (bicyclic) bond motifs is 5. The highest BCUT2D eigenvalue weighted by molar-refractivity contribution is 5.33. The molecule has 7 N–H and O–H groups in total. The molecule has 10 heteroatoms. The zero-order chi connectivity index (χ0) is 32.4. The van der Waals surface area contributed by atoms with Crippen LogP contribution in [0.5, 0.6) is 0 Å². The lowest BCUT2D eigenvalue weighted by Gasteiger charge is -2.64. The molecule has 0 radical (unpaired) electrons. The molecule has 0 spiro atoms. The highest BCUT2D eigenvalue weighted by Crippen LogP contribution is 2.69. The first-order chi connectivity index (χ1) is 20.6. The lowest BCUT2D eigenvalue weighted by molar-refractivity contribution is -0.285. The van der Waals surface area contributed by atoms with Gasteiger partial charge in [0, 0.05) is 19.4 Å². The Morgan fingerprint density at radius 1 is 1.07 bits per heavy atom. The average molecular weight is 627 g/mol. The third kappa shape index (κ3) is 5.53. The van der Waals surface area contributed by atoms with Crippen molar-refractivity contribution in [2.45, 2.75) is 140 Å². The van der Waals surface area contributed by atoms with Crippen LogP contribution in [0.15, 0.2) is 11.6 Å². The highest BCUT2D eigenvalue weighted by atomic mass is 16.7. The van der Waals surface area contributed by atoms with E-state index in [9.17, 15) is 35.7 Å². The molecule has 0 bridgehead atoms. The third-order valence-corrected chi connectivity index (χ3v) is 13.3. The Balaban J connectivity index is 1.35. The molecule has 254 valence electrons. The van der Waals surface area contributed by atoms with Gasteiger partial charge in [0.15, 0.2) is 6.29 Å². The number of aliphatic hydroxyl groups excluding tert-OH is 5. The second kappa shape index (κ2) is 12.4. The van der Waals surface area contributed by atoms with Crippen LogP contribution in [-0.4, -0.2) is 110 Å². The van der Waals surface area contributed by atoms with Gasteiger partial charge >= 0.3 is 0 Å². The van der Waals surface area contributed by atoms with Crippen LogP contribution in [0.25, 0.3) is 0 Å². The molecule has 0 aromatic heterocycles. The minimum Gasteiger partial charge on any atom is -0.393 e. The Labute approximate surface area is 262 Å². The monoisotopic (exact) mass is 626 g/mol. The predicted octanol–water partition coefficient (Wildman–Crippen LogP) is 1.90. The van der Waals surface area contributed by atoms with E-state index < -0.39 is 53.4 Å². The molecule has 15 atom stereocenters. The molecule has 0 aromatic carbocycles. The first kappa shape index (κ1) is 34.7. The molecule has 10 nitrogen and oxygen atoms in total. The predicted molar refractivity (Wildman–Crippen MR) is 162 cm³/mol. The molecule has 0 aromatic rings. The van der Waals surface area contributed by atoms with E-state index in [1.54, 1.807) is 0 Å². The van der Waals surface area contributed by atoms with E-state index in [0.717, 1.165) is 24.8 Å². The minimum atomic E-state index is -1.24. The van der Waals surface area contributed by atoms with E-state index >= 15 is 0 Å². The molecule has 5 aliphatic rings. The molecular weight excluding hydrogens is 568 g/mol. The van der Waals surface area contributed by atoms with Gasteiger partial charge in [-0.1, -0.05) is 40.7 Å². The van der Waals surface area contributed by atoms with Crippen LogP contribution in [0.4, 0.5) is 0 Å². The zero-order valence-corrected chi connectivity index (χ0v) is 27.4. The van der Waals surface area contributed by atoms with Crippen LogP contribution in [0.2, 0.25) is 0 Å². The van der Waals surface area contributed by atoms with Gasteiger partial charge < -0.3 is 50.0 Å². The van der Waals surface area contributed by atoms with Crippen molar-refractivity contribution in [1.29, 1.82) is 0 Å². The SMILES string of the molecule is COC1C(OC2C=C3C(O)CC4(O)C(CCC5(C)C(C(C)CCC(O)(CO)C(C)C)CC(O)C54)C3(C)CC2)OCC(O)C1O. The summed E-state index contributed by atoms with van der Waals surface area (Å²) < 4.78 is 17.3. The Hall–Kier alpha value is -0.660. The van der Waals surface area contributed by atoms with Gasteiger partial charge in [-0.25, -0.2) is 0 Å². The molecule has 4 aliphatic carbocycles. The molecule has 1 saturated heterocycles. The maximum atomic E-state index is 12.6. The molecule has 5 rings (SSSR count). The first-order valence-corrected chi connectivity index (χ1v) is 16.9. The molecular formula is C34H58O10. The Morgan fingerprint density at radius 3 is 2.41 bits per heavy atom. The van der Waals surface area contributed by atoms with Crippen molar-refractivity contribution in [3.8, 4) is 0 Å².